The van der Waals surface area contributed by atoms with Gasteiger partial charge >= 0.3 is 0 Å². The lowest BCUT2D eigenvalue weighted by Gasteiger charge is -2.13. The molecule has 0 unspecified atom stereocenters. The first-order chi connectivity index (χ1) is 14.8. The molecule has 2 heterocycles. The fourth-order valence-electron chi connectivity index (χ4n) is 2.53. The third-order valence-electron chi connectivity index (χ3n) is 4.05. The Bertz CT molecular complexity index is 1190. The average Bonchev–Trinajstić information content (AvgIpc) is 2.76. The third-order valence-corrected chi connectivity index (χ3v) is 5.20. The number of benzene rings is 1. The van der Waals surface area contributed by atoms with E-state index in [9.17, 15) is 13.2 Å². The molecule has 3 rings (SSSR count). The number of sulfone groups is 1. The summed E-state index contributed by atoms with van der Waals surface area (Å²) in [5, 5.41) is 5.67. The van der Waals surface area contributed by atoms with Crippen molar-refractivity contribution in [2.45, 2.75) is 18.2 Å². The first kappa shape index (κ1) is 22.4. The molecule has 0 atom stereocenters. The van der Waals surface area contributed by atoms with Gasteiger partial charge in [0.25, 0.3) is 5.91 Å². The van der Waals surface area contributed by atoms with Gasteiger partial charge in [0.15, 0.2) is 0 Å². The summed E-state index contributed by atoms with van der Waals surface area (Å²) < 4.78 is 28.9. The minimum absolute atomic E-state index is 0.0637. The molecule has 2 N–H and O–H groups in total. The van der Waals surface area contributed by atoms with Crippen LogP contribution in [0.4, 0.5) is 5.82 Å². The Balaban J connectivity index is 1.83. The number of nitrogens with zero attached hydrogens (tertiary/aromatic N) is 4. The van der Waals surface area contributed by atoms with Crippen LogP contribution in [-0.2, 0) is 22.9 Å². The number of anilines is 1. The number of rotatable bonds is 8. The van der Waals surface area contributed by atoms with Crippen LogP contribution in [0.1, 0.15) is 21.7 Å². The number of amides is 1. The molecule has 0 saturated carbocycles. The zero-order valence-corrected chi connectivity index (χ0v) is 18.2. The molecule has 162 valence electrons. The molecule has 0 aliphatic heterocycles. The molecule has 0 radical (unpaired) electrons. The molecule has 0 aliphatic carbocycles. The van der Waals surface area contributed by atoms with E-state index in [0.717, 1.165) is 18.0 Å². The van der Waals surface area contributed by atoms with Crippen molar-refractivity contribution in [2.24, 2.45) is 0 Å². The zero-order valence-electron chi connectivity index (χ0n) is 16.7. The lowest BCUT2D eigenvalue weighted by molar-refractivity contribution is 0.0949. The first-order valence-electron chi connectivity index (χ1n) is 8.95. The maximum Gasteiger partial charge on any atom is 0.256 e. The molecule has 12 heteroatoms. The monoisotopic (exact) mass is 462 g/mol. The number of carbonyl (C=O) groups excluding carboxylic acids is 1. The fourth-order valence-corrected chi connectivity index (χ4v) is 3.31. The fraction of sp³-hybridized carbons (Fsp3) is 0.211. The largest absolute Gasteiger partial charge is 0.495 e. The van der Waals surface area contributed by atoms with Crippen LogP contribution in [-0.4, -0.2) is 47.6 Å². The van der Waals surface area contributed by atoms with Gasteiger partial charge in [-0.3, -0.25) is 4.79 Å². The number of hydrogen-bond donors (Lipinski definition) is 2. The number of hydrogen-bond acceptors (Lipinski definition) is 9. The van der Waals surface area contributed by atoms with Crippen LogP contribution in [0.3, 0.4) is 0 Å². The lowest BCUT2D eigenvalue weighted by Crippen LogP contribution is -2.26. The van der Waals surface area contributed by atoms with E-state index in [2.05, 4.69) is 30.6 Å². The number of methoxy groups -OCH3 is 1. The van der Waals surface area contributed by atoms with Crippen molar-refractivity contribution in [3.63, 3.8) is 0 Å². The van der Waals surface area contributed by atoms with Gasteiger partial charge in [0.2, 0.25) is 15.0 Å². The van der Waals surface area contributed by atoms with Gasteiger partial charge in [-0.25, -0.2) is 28.4 Å². The van der Waals surface area contributed by atoms with Crippen molar-refractivity contribution in [3.8, 4) is 5.75 Å². The highest BCUT2D eigenvalue weighted by molar-refractivity contribution is 7.90. The van der Waals surface area contributed by atoms with Crippen molar-refractivity contribution in [1.29, 1.82) is 0 Å². The molecular formula is C19H19ClN6O4S. The predicted molar refractivity (Wildman–Crippen MR) is 114 cm³/mol. The Hall–Kier alpha value is -3.31. The highest BCUT2D eigenvalue weighted by Gasteiger charge is 2.19. The second kappa shape index (κ2) is 9.67. The number of halogens is 1. The summed E-state index contributed by atoms with van der Waals surface area (Å²) in [4.78, 5) is 28.6. The van der Waals surface area contributed by atoms with Crippen LogP contribution in [0.15, 0.2) is 48.0 Å². The smallest absolute Gasteiger partial charge is 0.256 e. The van der Waals surface area contributed by atoms with E-state index in [1.165, 1.54) is 7.11 Å². The lowest BCUT2D eigenvalue weighted by atomic mass is 10.2. The summed E-state index contributed by atoms with van der Waals surface area (Å²) in [5.74, 6) is 0.499. The average molecular weight is 463 g/mol. The topological polar surface area (TPSA) is 136 Å². The van der Waals surface area contributed by atoms with Crippen LogP contribution in [0.2, 0.25) is 5.02 Å². The molecule has 2 aromatic heterocycles. The highest BCUT2D eigenvalue weighted by atomic mass is 35.5. The first-order valence-corrected chi connectivity index (χ1v) is 11.2. The number of ether oxygens (including phenoxy) is 1. The van der Waals surface area contributed by atoms with E-state index in [1.54, 1.807) is 36.7 Å². The van der Waals surface area contributed by atoms with Gasteiger partial charge in [-0.2, -0.15) is 0 Å². The van der Waals surface area contributed by atoms with E-state index < -0.39 is 20.9 Å². The van der Waals surface area contributed by atoms with Crippen molar-refractivity contribution in [2.75, 3.05) is 18.7 Å². The maximum atomic E-state index is 12.7. The normalized spacial score (nSPS) is 11.1. The number of carbonyl (C=O) groups is 1. The Morgan fingerprint density at radius 2 is 1.90 bits per heavy atom. The van der Waals surface area contributed by atoms with E-state index in [0.29, 0.717) is 16.6 Å². The molecule has 3 aromatic rings. The van der Waals surface area contributed by atoms with Crippen LogP contribution < -0.4 is 15.4 Å². The molecule has 1 aromatic carbocycles. The number of nitrogens with one attached hydrogen (secondary N) is 2. The quantitative estimate of drug-likeness (QED) is 0.480. The molecule has 10 nitrogen and oxygen atoms in total. The van der Waals surface area contributed by atoms with Gasteiger partial charge in [-0.05, 0) is 23.8 Å². The third kappa shape index (κ3) is 5.86. The van der Waals surface area contributed by atoms with Gasteiger partial charge in [-0.15, -0.1) is 0 Å². The SMILES string of the molecule is COc1ccc(CNc2nc(S(C)(=O)=O)ncc2C(=O)NCc2ncccn2)cc1Cl. The van der Waals surface area contributed by atoms with E-state index in [-0.39, 0.29) is 24.5 Å². The molecule has 0 aliphatic rings. The zero-order chi connectivity index (χ0) is 22.4. The molecule has 0 spiro atoms. The second-order valence-corrected chi connectivity index (χ2v) is 8.67. The van der Waals surface area contributed by atoms with E-state index in [1.807, 2.05) is 0 Å². The second-order valence-electron chi connectivity index (χ2n) is 6.36. The Kier molecular flexibility index (Phi) is 6.98. The van der Waals surface area contributed by atoms with Crippen molar-refractivity contribution >= 4 is 33.2 Å². The predicted octanol–water partition coefficient (Wildman–Crippen LogP) is 1.87. The Morgan fingerprint density at radius 3 is 2.55 bits per heavy atom. The van der Waals surface area contributed by atoms with E-state index in [4.69, 9.17) is 16.3 Å². The summed E-state index contributed by atoms with van der Waals surface area (Å²) in [6.07, 6.45) is 5.27. The van der Waals surface area contributed by atoms with Crippen LogP contribution in [0.5, 0.6) is 5.75 Å². The minimum Gasteiger partial charge on any atom is -0.495 e. The van der Waals surface area contributed by atoms with Gasteiger partial charge in [-0.1, -0.05) is 17.7 Å². The summed E-state index contributed by atoms with van der Waals surface area (Å²) in [7, 11) is -2.16. The molecule has 0 bridgehead atoms. The number of aromatic nitrogens is 4. The summed E-state index contributed by atoms with van der Waals surface area (Å²) in [5.41, 5.74) is 0.845. The van der Waals surface area contributed by atoms with Crippen molar-refractivity contribution in [3.05, 3.63) is 64.8 Å². The Labute approximate surface area is 184 Å². The molecule has 0 fully saturated rings. The van der Waals surface area contributed by atoms with Gasteiger partial charge in [0.1, 0.15) is 23.0 Å². The summed E-state index contributed by atoms with van der Waals surface area (Å²) in [6, 6.07) is 6.84. The molecule has 1 amide bonds. The summed E-state index contributed by atoms with van der Waals surface area (Å²) in [6.45, 7) is 0.313. The molecular weight excluding hydrogens is 444 g/mol. The van der Waals surface area contributed by atoms with Crippen LogP contribution >= 0.6 is 11.6 Å². The standard InChI is InChI=1S/C19H19ClN6O4S/c1-30-15-5-4-12(8-14(15)20)9-23-17-13(10-25-19(26-17)31(2,28)29)18(27)24-11-16-21-6-3-7-22-16/h3-8,10H,9,11H2,1-2H3,(H,24,27)(H,23,25,26). The Morgan fingerprint density at radius 1 is 1.16 bits per heavy atom. The van der Waals surface area contributed by atoms with Crippen molar-refractivity contribution < 1.29 is 17.9 Å². The highest BCUT2D eigenvalue weighted by Crippen LogP contribution is 2.25. The summed E-state index contributed by atoms with van der Waals surface area (Å²) >= 11 is 6.14. The van der Waals surface area contributed by atoms with Crippen LogP contribution in [0, 0.1) is 0 Å². The van der Waals surface area contributed by atoms with E-state index >= 15 is 0 Å². The molecule has 31 heavy (non-hydrogen) atoms. The van der Waals surface area contributed by atoms with Gasteiger partial charge < -0.3 is 15.4 Å². The van der Waals surface area contributed by atoms with Crippen LogP contribution in [0.25, 0.3) is 0 Å². The maximum absolute atomic E-state index is 12.7. The minimum atomic E-state index is -3.67. The van der Waals surface area contributed by atoms with Gasteiger partial charge in [0, 0.05) is 31.4 Å². The molecule has 0 saturated heterocycles. The van der Waals surface area contributed by atoms with Gasteiger partial charge in [0.05, 0.1) is 18.7 Å². The van der Waals surface area contributed by atoms with Crippen molar-refractivity contribution in [1.82, 2.24) is 25.3 Å².